The Morgan fingerprint density at radius 1 is 1.05 bits per heavy atom. The molecule has 0 aromatic carbocycles. The lowest BCUT2D eigenvalue weighted by Gasteiger charge is -2.46. The van der Waals surface area contributed by atoms with E-state index in [-0.39, 0.29) is 0 Å². The van der Waals surface area contributed by atoms with Gasteiger partial charge in [0.15, 0.2) is 0 Å². The molecule has 0 aromatic heterocycles. The molecule has 0 radical (unpaired) electrons. The lowest BCUT2D eigenvalue weighted by Crippen LogP contribution is -2.50. The summed E-state index contributed by atoms with van der Waals surface area (Å²) in [5.41, 5.74) is 0. The second-order valence-corrected chi connectivity index (χ2v) is 8.09. The van der Waals surface area contributed by atoms with E-state index in [1.165, 1.54) is 38.5 Å². The number of piperidine rings is 1. The molecule has 3 nitrogen and oxygen atoms in total. The summed E-state index contributed by atoms with van der Waals surface area (Å²) >= 11 is 0. The van der Waals surface area contributed by atoms with Crippen molar-refractivity contribution in [2.45, 2.75) is 89.8 Å². The smallest absolute Gasteiger partial charge is 0.303 e. The van der Waals surface area contributed by atoms with Gasteiger partial charge in [0.1, 0.15) is 0 Å². The fourth-order valence-electron chi connectivity index (χ4n) is 5.41. The molecule has 3 rings (SSSR count). The Kier molecular flexibility index (Phi) is 4.58. The van der Waals surface area contributed by atoms with Crippen LogP contribution < -0.4 is 0 Å². The molecule has 21 heavy (non-hydrogen) atoms. The molecule has 2 saturated heterocycles. The topological polar surface area (TPSA) is 40.5 Å². The Morgan fingerprint density at radius 2 is 1.67 bits per heavy atom. The van der Waals surface area contributed by atoms with Crippen molar-refractivity contribution in [3.8, 4) is 0 Å². The highest BCUT2D eigenvalue weighted by molar-refractivity contribution is 5.67. The Bertz CT molecular complexity index is 367. The zero-order valence-corrected chi connectivity index (χ0v) is 13.6. The van der Waals surface area contributed by atoms with Crippen LogP contribution in [0.5, 0.6) is 0 Å². The molecule has 120 valence electrons. The van der Waals surface area contributed by atoms with E-state index in [0.717, 1.165) is 30.7 Å². The van der Waals surface area contributed by atoms with Crippen molar-refractivity contribution < 1.29 is 9.90 Å². The van der Waals surface area contributed by atoms with Crippen LogP contribution in [0.2, 0.25) is 0 Å². The zero-order valence-electron chi connectivity index (χ0n) is 13.6. The summed E-state index contributed by atoms with van der Waals surface area (Å²) < 4.78 is 0. The summed E-state index contributed by atoms with van der Waals surface area (Å²) in [6.45, 7) is 4.75. The van der Waals surface area contributed by atoms with Crippen LogP contribution in [-0.4, -0.2) is 34.1 Å². The van der Waals surface area contributed by atoms with E-state index in [2.05, 4.69) is 18.7 Å². The number of aliphatic carboxylic acids is 1. The van der Waals surface area contributed by atoms with Crippen LogP contribution in [0.25, 0.3) is 0 Å². The number of hydrogen-bond donors (Lipinski definition) is 1. The third-order valence-electron chi connectivity index (χ3n) is 6.40. The Morgan fingerprint density at radius 3 is 2.24 bits per heavy atom. The molecule has 3 heteroatoms. The molecule has 4 atom stereocenters. The SMILES string of the molecule is CC(C)C1CCCC(N2C3CCC2CC(CC(=O)O)C3)C1. The number of rotatable bonds is 4. The van der Waals surface area contributed by atoms with Gasteiger partial charge in [-0.1, -0.05) is 26.7 Å². The minimum atomic E-state index is -0.606. The molecule has 0 aromatic rings. The highest BCUT2D eigenvalue weighted by atomic mass is 16.4. The molecule has 0 spiro atoms. The van der Waals surface area contributed by atoms with Gasteiger partial charge in [0.2, 0.25) is 0 Å². The van der Waals surface area contributed by atoms with Gasteiger partial charge in [0, 0.05) is 24.5 Å². The fourth-order valence-corrected chi connectivity index (χ4v) is 5.41. The number of carboxylic acids is 1. The molecule has 3 aliphatic rings. The maximum atomic E-state index is 11.0. The van der Waals surface area contributed by atoms with Gasteiger partial charge in [0.25, 0.3) is 0 Å². The third-order valence-corrected chi connectivity index (χ3v) is 6.40. The van der Waals surface area contributed by atoms with E-state index in [1.54, 1.807) is 0 Å². The highest BCUT2D eigenvalue weighted by Crippen LogP contribution is 2.44. The second kappa shape index (κ2) is 6.28. The van der Waals surface area contributed by atoms with E-state index in [9.17, 15) is 4.79 Å². The summed E-state index contributed by atoms with van der Waals surface area (Å²) in [7, 11) is 0. The molecule has 2 bridgehead atoms. The standard InChI is InChI=1S/C18H31NO2/c1-12(2)14-4-3-5-15(11-14)19-16-6-7-17(19)9-13(8-16)10-18(20)21/h12-17H,3-11H2,1-2H3,(H,20,21). The number of hydrogen-bond acceptors (Lipinski definition) is 2. The minimum Gasteiger partial charge on any atom is -0.481 e. The zero-order chi connectivity index (χ0) is 15.0. The minimum absolute atomic E-state index is 0.389. The molecule has 1 aliphatic carbocycles. The van der Waals surface area contributed by atoms with E-state index in [4.69, 9.17) is 5.11 Å². The monoisotopic (exact) mass is 293 g/mol. The molecule has 2 heterocycles. The number of carboxylic acid groups (broad SMARTS) is 1. The lowest BCUT2D eigenvalue weighted by atomic mass is 9.77. The molecule has 3 fully saturated rings. The summed E-state index contributed by atoms with van der Waals surface area (Å²) in [6.07, 6.45) is 10.8. The van der Waals surface area contributed by atoms with Crippen LogP contribution in [0.3, 0.4) is 0 Å². The highest BCUT2D eigenvalue weighted by Gasteiger charge is 2.45. The molecule has 1 saturated carbocycles. The van der Waals surface area contributed by atoms with Crippen molar-refractivity contribution in [3.05, 3.63) is 0 Å². The van der Waals surface area contributed by atoms with E-state index < -0.39 is 5.97 Å². The van der Waals surface area contributed by atoms with Crippen LogP contribution in [0.15, 0.2) is 0 Å². The van der Waals surface area contributed by atoms with E-state index in [0.29, 0.717) is 24.4 Å². The van der Waals surface area contributed by atoms with Crippen LogP contribution >= 0.6 is 0 Å². The lowest BCUT2D eigenvalue weighted by molar-refractivity contribution is -0.138. The predicted octanol–water partition coefficient (Wildman–Crippen LogP) is 3.92. The summed E-state index contributed by atoms with van der Waals surface area (Å²) in [5, 5.41) is 9.06. The Balaban J connectivity index is 1.63. The second-order valence-electron chi connectivity index (χ2n) is 8.09. The van der Waals surface area contributed by atoms with Crippen LogP contribution in [-0.2, 0) is 4.79 Å². The quantitative estimate of drug-likeness (QED) is 0.854. The fraction of sp³-hybridized carbons (Fsp3) is 0.944. The Hall–Kier alpha value is -0.570. The first-order valence-electron chi connectivity index (χ1n) is 9.03. The van der Waals surface area contributed by atoms with Gasteiger partial charge in [-0.05, 0) is 56.3 Å². The first-order chi connectivity index (χ1) is 10.0. The summed E-state index contributed by atoms with van der Waals surface area (Å²) in [6, 6.07) is 2.16. The molecular weight excluding hydrogens is 262 g/mol. The van der Waals surface area contributed by atoms with Gasteiger partial charge in [0.05, 0.1) is 0 Å². The van der Waals surface area contributed by atoms with Gasteiger partial charge in [-0.15, -0.1) is 0 Å². The van der Waals surface area contributed by atoms with Crippen molar-refractivity contribution in [3.63, 3.8) is 0 Å². The van der Waals surface area contributed by atoms with Gasteiger partial charge < -0.3 is 5.11 Å². The van der Waals surface area contributed by atoms with Crippen molar-refractivity contribution in [1.82, 2.24) is 4.90 Å². The molecule has 1 N–H and O–H groups in total. The van der Waals surface area contributed by atoms with Crippen molar-refractivity contribution >= 4 is 5.97 Å². The van der Waals surface area contributed by atoms with Gasteiger partial charge in [-0.25, -0.2) is 0 Å². The maximum absolute atomic E-state index is 11.0. The Labute approximate surface area is 129 Å². The summed E-state index contributed by atoms with van der Waals surface area (Å²) in [4.78, 5) is 13.8. The first-order valence-corrected chi connectivity index (χ1v) is 9.03. The van der Waals surface area contributed by atoms with Crippen molar-refractivity contribution in [2.24, 2.45) is 17.8 Å². The van der Waals surface area contributed by atoms with Crippen LogP contribution in [0.1, 0.15) is 71.6 Å². The van der Waals surface area contributed by atoms with E-state index in [1.807, 2.05) is 0 Å². The molecule has 4 unspecified atom stereocenters. The normalized spacial score (nSPS) is 40.6. The first kappa shape index (κ1) is 15.3. The number of carbonyl (C=O) groups is 1. The predicted molar refractivity (Wildman–Crippen MR) is 84.2 cm³/mol. The number of fused-ring (bicyclic) bond motifs is 2. The average Bonchev–Trinajstić information content (AvgIpc) is 2.70. The number of nitrogens with zero attached hydrogens (tertiary/aromatic N) is 1. The summed E-state index contributed by atoms with van der Waals surface area (Å²) in [5.74, 6) is 1.54. The van der Waals surface area contributed by atoms with Gasteiger partial charge >= 0.3 is 5.97 Å². The largest absolute Gasteiger partial charge is 0.481 e. The maximum Gasteiger partial charge on any atom is 0.303 e. The molecule has 0 amide bonds. The van der Waals surface area contributed by atoms with Crippen LogP contribution in [0, 0.1) is 17.8 Å². The van der Waals surface area contributed by atoms with Crippen molar-refractivity contribution in [2.75, 3.05) is 0 Å². The molecular formula is C18H31NO2. The average molecular weight is 293 g/mol. The molecule has 2 aliphatic heterocycles. The van der Waals surface area contributed by atoms with Crippen LogP contribution in [0.4, 0.5) is 0 Å². The van der Waals surface area contributed by atoms with Gasteiger partial charge in [-0.2, -0.15) is 0 Å². The van der Waals surface area contributed by atoms with E-state index >= 15 is 0 Å². The van der Waals surface area contributed by atoms with Crippen molar-refractivity contribution in [1.29, 1.82) is 0 Å². The third kappa shape index (κ3) is 3.28. The van der Waals surface area contributed by atoms with Gasteiger partial charge in [-0.3, -0.25) is 9.69 Å².